The van der Waals surface area contributed by atoms with Crippen molar-refractivity contribution < 1.29 is 26.9 Å². The summed E-state index contributed by atoms with van der Waals surface area (Å²) in [7, 11) is -3.81. The summed E-state index contributed by atoms with van der Waals surface area (Å²) >= 11 is 0. The third kappa shape index (κ3) is 4.94. The van der Waals surface area contributed by atoms with E-state index in [1.807, 2.05) is 0 Å². The first-order valence-electron chi connectivity index (χ1n) is 9.93. The average Bonchev–Trinajstić information content (AvgIpc) is 3.39. The molecular weight excluding hydrogens is 451 g/mol. The molecule has 1 N–H and O–H groups in total. The number of fused-ring (bicyclic) bond motifs is 1. The van der Waals surface area contributed by atoms with E-state index >= 15 is 0 Å². The first-order valence-corrected chi connectivity index (χ1v) is 11.4. The average molecular weight is 472 g/mol. The molecule has 0 radical (unpaired) electrons. The summed E-state index contributed by atoms with van der Waals surface area (Å²) in [6.07, 6.45) is 2.02. The standard InChI is InChI=1S/C22H21FN4O5S/c1-22(2,3)32-21(28)27-12-18(17-9-6-15(23)10-19(17)27)14-4-7-16(8-5-14)33(29,30)25-11-20-24-13-31-26-20/h4-10,12-13,25H,11H2,1-3H3. The van der Waals surface area contributed by atoms with Crippen molar-refractivity contribution in [3.8, 4) is 11.1 Å². The van der Waals surface area contributed by atoms with Gasteiger partial charge in [0.2, 0.25) is 16.4 Å². The Balaban J connectivity index is 1.67. The summed E-state index contributed by atoms with van der Waals surface area (Å²) in [5, 5.41) is 4.18. The number of rotatable bonds is 5. The maximum atomic E-state index is 13.9. The number of carbonyl (C=O) groups excluding carboxylic acids is 1. The Hall–Kier alpha value is -3.57. The number of halogens is 1. The van der Waals surface area contributed by atoms with Crippen LogP contribution in [0.1, 0.15) is 26.6 Å². The molecule has 2 aromatic heterocycles. The number of nitrogens with zero attached hydrogens (tertiary/aromatic N) is 3. The fraction of sp³-hybridized carbons (Fsp3) is 0.227. The van der Waals surface area contributed by atoms with Gasteiger partial charge in [0, 0.05) is 17.1 Å². The Kier molecular flexibility index (Phi) is 5.76. The van der Waals surface area contributed by atoms with Gasteiger partial charge in [-0.25, -0.2) is 22.3 Å². The number of benzene rings is 2. The summed E-state index contributed by atoms with van der Waals surface area (Å²) in [4.78, 5) is 16.5. The van der Waals surface area contributed by atoms with Crippen LogP contribution in [0.2, 0.25) is 0 Å². The topological polar surface area (TPSA) is 116 Å². The summed E-state index contributed by atoms with van der Waals surface area (Å²) < 4.78 is 52.7. The second kappa shape index (κ2) is 8.41. The van der Waals surface area contributed by atoms with E-state index in [1.165, 1.54) is 28.8 Å². The van der Waals surface area contributed by atoms with Gasteiger partial charge in [-0.1, -0.05) is 17.3 Å². The largest absolute Gasteiger partial charge is 0.443 e. The lowest BCUT2D eigenvalue weighted by Crippen LogP contribution is -2.26. The van der Waals surface area contributed by atoms with Gasteiger partial charge in [0.05, 0.1) is 17.0 Å². The van der Waals surface area contributed by atoms with Gasteiger partial charge in [-0.2, -0.15) is 4.98 Å². The Labute approximate surface area is 189 Å². The third-order valence-corrected chi connectivity index (χ3v) is 6.08. The maximum Gasteiger partial charge on any atom is 0.419 e. The molecule has 2 aromatic carbocycles. The zero-order valence-corrected chi connectivity index (χ0v) is 18.9. The SMILES string of the molecule is CC(C)(C)OC(=O)n1cc(-c2ccc(S(=O)(=O)NCc3ncon3)cc2)c2ccc(F)cc21. The van der Waals surface area contributed by atoms with E-state index in [-0.39, 0.29) is 17.3 Å². The Morgan fingerprint density at radius 3 is 2.55 bits per heavy atom. The molecule has 0 unspecified atom stereocenters. The molecule has 0 aliphatic rings. The number of carbonyl (C=O) groups is 1. The lowest BCUT2D eigenvalue weighted by atomic mass is 10.1. The van der Waals surface area contributed by atoms with Crippen molar-refractivity contribution in [3.05, 3.63) is 66.7 Å². The van der Waals surface area contributed by atoms with Crippen LogP contribution in [0, 0.1) is 5.82 Å². The second-order valence-corrected chi connectivity index (χ2v) is 10.0. The minimum absolute atomic E-state index is 0.0386. The minimum Gasteiger partial charge on any atom is -0.443 e. The van der Waals surface area contributed by atoms with Crippen LogP contribution >= 0.6 is 0 Å². The number of sulfonamides is 1. The van der Waals surface area contributed by atoms with Crippen LogP contribution < -0.4 is 4.72 Å². The molecule has 9 nitrogen and oxygen atoms in total. The van der Waals surface area contributed by atoms with Gasteiger partial charge in [-0.05, 0) is 56.7 Å². The van der Waals surface area contributed by atoms with Crippen molar-refractivity contribution >= 4 is 27.0 Å². The molecule has 0 amide bonds. The lowest BCUT2D eigenvalue weighted by Gasteiger charge is -2.19. The van der Waals surface area contributed by atoms with Crippen LogP contribution in [0.15, 0.2) is 64.5 Å². The van der Waals surface area contributed by atoms with Gasteiger partial charge in [0.1, 0.15) is 11.4 Å². The maximum absolute atomic E-state index is 13.9. The Morgan fingerprint density at radius 2 is 1.91 bits per heavy atom. The number of ether oxygens (including phenoxy) is 1. The fourth-order valence-electron chi connectivity index (χ4n) is 3.22. The molecule has 0 saturated heterocycles. The normalized spacial score (nSPS) is 12.2. The van der Waals surface area contributed by atoms with Gasteiger partial charge in [0.25, 0.3) is 0 Å². The highest BCUT2D eigenvalue weighted by Gasteiger charge is 2.22. The van der Waals surface area contributed by atoms with E-state index in [2.05, 4.69) is 19.4 Å². The van der Waals surface area contributed by atoms with Crippen LogP contribution in [-0.2, 0) is 21.3 Å². The van der Waals surface area contributed by atoms with E-state index in [1.54, 1.807) is 45.2 Å². The number of nitrogens with one attached hydrogen (secondary N) is 1. The molecule has 33 heavy (non-hydrogen) atoms. The van der Waals surface area contributed by atoms with E-state index in [0.29, 0.717) is 22.0 Å². The smallest absolute Gasteiger partial charge is 0.419 e. The number of hydrogen-bond acceptors (Lipinski definition) is 7. The van der Waals surface area contributed by atoms with Gasteiger partial charge in [-0.3, -0.25) is 4.57 Å². The van der Waals surface area contributed by atoms with E-state index in [4.69, 9.17) is 4.74 Å². The fourth-order valence-corrected chi connectivity index (χ4v) is 4.20. The molecule has 4 rings (SSSR count). The van der Waals surface area contributed by atoms with Crippen LogP contribution in [0.5, 0.6) is 0 Å². The quantitative estimate of drug-likeness (QED) is 0.465. The first kappa shape index (κ1) is 22.6. The highest BCUT2D eigenvalue weighted by atomic mass is 32.2. The molecule has 172 valence electrons. The third-order valence-electron chi connectivity index (χ3n) is 4.66. The monoisotopic (exact) mass is 472 g/mol. The zero-order chi connectivity index (χ0) is 23.8. The Bertz CT molecular complexity index is 1410. The summed E-state index contributed by atoms with van der Waals surface area (Å²) in [5.74, 6) is -0.288. The predicted octanol–water partition coefficient (Wildman–Crippen LogP) is 4.09. The van der Waals surface area contributed by atoms with E-state index < -0.39 is 27.5 Å². The van der Waals surface area contributed by atoms with E-state index in [9.17, 15) is 17.6 Å². The molecular formula is C22H21FN4O5S. The van der Waals surface area contributed by atoms with E-state index in [0.717, 1.165) is 6.39 Å². The molecule has 0 fully saturated rings. The van der Waals surface area contributed by atoms with Crippen molar-refractivity contribution in [2.75, 3.05) is 0 Å². The summed E-state index contributed by atoms with van der Waals surface area (Å²) in [5.41, 5.74) is 0.884. The van der Waals surface area contributed by atoms with Crippen molar-refractivity contribution in [1.82, 2.24) is 19.4 Å². The van der Waals surface area contributed by atoms with Crippen molar-refractivity contribution in [2.24, 2.45) is 0 Å². The Morgan fingerprint density at radius 1 is 1.18 bits per heavy atom. The van der Waals surface area contributed by atoms with Crippen molar-refractivity contribution in [1.29, 1.82) is 0 Å². The van der Waals surface area contributed by atoms with Gasteiger partial charge >= 0.3 is 6.09 Å². The molecule has 0 saturated carbocycles. The highest BCUT2D eigenvalue weighted by molar-refractivity contribution is 7.89. The molecule has 0 spiro atoms. The summed E-state index contributed by atoms with van der Waals surface area (Å²) in [6, 6.07) is 10.2. The van der Waals surface area contributed by atoms with Gasteiger partial charge in [-0.15, -0.1) is 0 Å². The minimum atomic E-state index is -3.81. The molecule has 0 aliphatic heterocycles. The summed E-state index contributed by atoms with van der Waals surface area (Å²) in [6.45, 7) is 5.10. The molecule has 2 heterocycles. The van der Waals surface area contributed by atoms with Crippen molar-refractivity contribution in [3.63, 3.8) is 0 Å². The molecule has 0 aliphatic carbocycles. The van der Waals surface area contributed by atoms with Crippen LogP contribution in [0.25, 0.3) is 22.0 Å². The lowest BCUT2D eigenvalue weighted by molar-refractivity contribution is 0.0544. The predicted molar refractivity (Wildman–Crippen MR) is 117 cm³/mol. The second-order valence-electron chi connectivity index (χ2n) is 8.25. The van der Waals surface area contributed by atoms with Crippen LogP contribution in [0.3, 0.4) is 0 Å². The number of hydrogen-bond donors (Lipinski definition) is 1. The number of aromatic nitrogens is 3. The molecule has 4 aromatic rings. The first-order chi connectivity index (χ1) is 15.5. The van der Waals surface area contributed by atoms with Gasteiger partial charge < -0.3 is 9.26 Å². The van der Waals surface area contributed by atoms with Crippen LogP contribution in [0.4, 0.5) is 9.18 Å². The van der Waals surface area contributed by atoms with Crippen molar-refractivity contribution in [2.45, 2.75) is 37.8 Å². The van der Waals surface area contributed by atoms with Gasteiger partial charge in [0.15, 0.2) is 5.82 Å². The van der Waals surface area contributed by atoms with Crippen LogP contribution in [-0.4, -0.2) is 34.8 Å². The molecule has 0 atom stereocenters. The highest BCUT2D eigenvalue weighted by Crippen LogP contribution is 2.32. The molecule has 0 bridgehead atoms. The molecule has 11 heteroatoms. The zero-order valence-electron chi connectivity index (χ0n) is 18.1.